The summed E-state index contributed by atoms with van der Waals surface area (Å²) in [6, 6.07) is 0. The molecular formula is C27H46O3. The van der Waals surface area contributed by atoms with E-state index in [1.807, 2.05) is 0 Å². The van der Waals surface area contributed by atoms with Crippen molar-refractivity contribution in [2.24, 2.45) is 46.3 Å². The molecule has 0 spiro atoms. The molecule has 3 aliphatic rings. The van der Waals surface area contributed by atoms with Crippen LogP contribution >= 0.6 is 0 Å². The molecule has 1 N–H and O–H groups in total. The minimum absolute atomic E-state index is 0.168. The van der Waals surface area contributed by atoms with Gasteiger partial charge in [0, 0.05) is 18.3 Å². The summed E-state index contributed by atoms with van der Waals surface area (Å²) in [6.45, 7) is 11.7. The largest absolute Gasteiger partial charge is 0.481 e. The Hall–Kier alpha value is -0.860. The van der Waals surface area contributed by atoms with Gasteiger partial charge in [0.2, 0.25) is 0 Å². The molecule has 0 bridgehead atoms. The van der Waals surface area contributed by atoms with Crippen molar-refractivity contribution in [1.82, 2.24) is 0 Å². The number of rotatable bonds is 8. The van der Waals surface area contributed by atoms with Crippen molar-refractivity contribution >= 4 is 11.8 Å². The highest BCUT2D eigenvalue weighted by molar-refractivity contribution is 5.85. The summed E-state index contributed by atoms with van der Waals surface area (Å²) in [5.74, 6) is 2.83. The molecule has 30 heavy (non-hydrogen) atoms. The second kappa shape index (κ2) is 9.33. The molecule has 3 fully saturated rings. The Kier molecular flexibility index (Phi) is 7.40. The molecule has 7 atom stereocenters. The molecular weight excluding hydrogens is 372 g/mol. The molecule has 0 aliphatic heterocycles. The van der Waals surface area contributed by atoms with E-state index in [-0.39, 0.29) is 29.1 Å². The Labute approximate surface area is 184 Å². The molecule has 0 radical (unpaired) electrons. The summed E-state index contributed by atoms with van der Waals surface area (Å²) in [4.78, 5) is 24.9. The average molecular weight is 419 g/mol. The third-order valence-electron chi connectivity index (χ3n) is 9.85. The number of fused-ring (bicyclic) bond motifs is 1. The number of ketones is 1. The lowest BCUT2D eigenvalue weighted by Gasteiger charge is -2.54. The fourth-order valence-corrected chi connectivity index (χ4v) is 8.18. The highest BCUT2D eigenvalue weighted by Crippen LogP contribution is 2.64. The van der Waals surface area contributed by atoms with Crippen molar-refractivity contribution in [2.75, 3.05) is 0 Å². The summed E-state index contributed by atoms with van der Waals surface area (Å²) >= 11 is 0. The predicted octanol–water partition coefficient (Wildman–Crippen LogP) is 7.13. The molecule has 3 heteroatoms. The van der Waals surface area contributed by atoms with E-state index in [9.17, 15) is 14.7 Å². The van der Waals surface area contributed by atoms with Crippen molar-refractivity contribution < 1.29 is 14.7 Å². The molecule has 0 aromatic rings. The van der Waals surface area contributed by atoms with Crippen molar-refractivity contribution in [1.29, 1.82) is 0 Å². The van der Waals surface area contributed by atoms with Crippen LogP contribution in [0.15, 0.2) is 0 Å². The average Bonchev–Trinajstić information content (AvgIpc) is 3.01. The van der Waals surface area contributed by atoms with Gasteiger partial charge in [-0.2, -0.15) is 0 Å². The van der Waals surface area contributed by atoms with E-state index in [1.54, 1.807) is 0 Å². The molecule has 0 amide bonds. The maximum Gasteiger partial charge on any atom is 0.303 e. The number of aliphatic carboxylic acids is 1. The van der Waals surface area contributed by atoms with Crippen LogP contribution < -0.4 is 0 Å². The SMILES string of the molecule is CC(C)CCCC(C)C1CCC2C(CC(=O)O)C(C3(C)CCCCC3=O)CCC12C. The lowest BCUT2D eigenvalue weighted by Crippen LogP contribution is -2.51. The lowest BCUT2D eigenvalue weighted by atomic mass is 9.49. The summed E-state index contributed by atoms with van der Waals surface area (Å²) < 4.78 is 0. The van der Waals surface area contributed by atoms with Crippen LogP contribution in [0.3, 0.4) is 0 Å². The van der Waals surface area contributed by atoms with Crippen LogP contribution in [0.4, 0.5) is 0 Å². The number of carboxylic acid groups (broad SMARTS) is 1. The Balaban J connectivity index is 1.80. The van der Waals surface area contributed by atoms with Gasteiger partial charge < -0.3 is 5.11 Å². The smallest absolute Gasteiger partial charge is 0.303 e. The molecule has 0 heterocycles. The minimum atomic E-state index is -0.672. The van der Waals surface area contributed by atoms with Crippen molar-refractivity contribution in [3.8, 4) is 0 Å². The Morgan fingerprint density at radius 3 is 2.40 bits per heavy atom. The fourth-order valence-electron chi connectivity index (χ4n) is 8.18. The van der Waals surface area contributed by atoms with Gasteiger partial charge >= 0.3 is 5.97 Å². The Bertz CT molecular complexity index is 626. The summed E-state index contributed by atoms with van der Waals surface area (Å²) in [6.07, 6.45) is 12.6. The Morgan fingerprint density at radius 1 is 1.03 bits per heavy atom. The van der Waals surface area contributed by atoms with Gasteiger partial charge in [-0.25, -0.2) is 0 Å². The Morgan fingerprint density at radius 2 is 1.77 bits per heavy atom. The predicted molar refractivity (Wildman–Crippen MR) is 122 cm³/mol. The van der Waals surface area contributed by atoms with Crippen LogP contribution in [-0.2, 0) is 9.59 Å². The normalized spacial score (nSPS) is 40.4. The van der Waals surface area contributed by atoms with Gasteiger partial charge in [-0.3, -0.25) is 9.59 Å². The first-order valence-corrected chi connectivity index (χ1v) is 12.8. The highest BCUT2D eigenvalue weighted by atomic mass is 16.4. The van der Waals surface area contributed by atoms with Crippen LogP contribution in [0, 0.1) is 46.3 Å². The first-order valence-electron chi connectivity index (χ1n) is 12.8. The van der Waals surface area contributed by atoms with Crippen LogP contribution in [-0.4, -0.2) is 16.9 Å². The van der Waals surface area contributed by atoms with Gasteiger partial charge in [-0.05, 0) is 79.4 Å². The lowest BCUT2D eigenvalue weighted by molar-refractivity contribution is -0.149. The van der Waals surface area contributed by atoms with E-state index in [2.05, 4.69) is 34.6 Å². The maximum absolute atomic E-state index is 13.0. The van der Waals surface area contributed by atoms with Gasteiger partial charge in [0.1, 0.15) is 5.78 Å². The zero-order valence-electron chi connectivity index (χ0n) is 20.2. The highest BCUT2D eigenvalue weighted by Gasteiger charge is 2.58. The minimum Gasteiger partial charge on any atom is -0.481 e. The van der Waals surface area contributed by atoms with E-state index in [0.717, 1.165) is 38.0 Å². The van der Waals surface area contributed by atoms with Crippen LogP contribution in [0.2, 0.25) is 0 Å². The van der Waals surface area contributed by atoms with Gasteiger partial charge in [-0.15, -0.1) is 0 Å². The van der Waals surface area contributed by atoms with Crippen LogP contribution in [0.5, 0.6) is 0 Å². The van der Waals surface area contributed by atoms with Gasteiger partial charge in [0.25, 0.3) is 0 Å². The van der Waals surface area contributed by atoms with Crippen molar-refractivity contribution in [3.05, 3.63) is 0 Å². The van der Waals surface area contributed by atoms with E-state index >= 15 is 0 Å². The molecule has 0 saturated heterocycles. The fraction of sp³-hybridized carbons (Fsp3) is 0.926. The molecule has 3 rings (SSSR count). The third kappa shape index (κ3) is 4.51. The third-order valence-corrected chi connectivity index (χ3v) is 9.85. The van der Waals surface area contributed by atoms with E-state index in [4.69, 9.17) is 0 Å². The van der Waals surface area contributed by atoms with Crippen LogP contribution in [0.25, 0.3) is 0 Å². The maximum atomic E-state index is 13.0. The van der Waals surface area contributed by atoms with Crippen LogP contribution in [0.1, 0.15) is 112 Å². The second-order valence-electron chi connectivity index (χ2n) is 12.1. The standard InChI is InChI=1S/C27H46O3/c1-18(2)9-8-10-19(3)21-12-13-22-20(17-25(29)30)23(14-16-26(21,22)4)27(5)15-7-6-11-24(27)28/h18-23H,6-17H2,1-5H3,(H,29,30). The number of Topliss-reactive ketones (excluding diaryl/α,β-unsaturated/α-hetero) is 1. The molecule has 0 aromatic heterocycles. The number of carboxylic acids is 1. The topological polar surface area (TPSA) is 54.4 Å². The summed E-state index contributed by atoms with van der Waals surface area (Å²) in [7, 11) is 0. The van der Waals surface area contributed by atoms with E-state index < -0.39 is 5.97 Å². The number of carbonyl (C=O) groups is 2. The van der Waals surface area contributed by atoms with Crippen molar-refractivity contribution in [2.45, 2.75) is 112 Å². The van der Waals surface area contributed by atoms with E-state index in [0.29, 0.717) is 30.0 Å². The monoisotopic (exact) mass is 418 g/mol. The first kappa shape index (κ1) is 23.8. The number of hydrogen-bond acceptors (Lipinski definition) is 2. The quantitative estimate of drug-likeness (QED) is 0.456. The van der Waals surface area contributed by atoms with Crippen molar-refractivity contribution in [3.63, 3.8) is 0 Å². The van der Waals surface area contributed by atoms with E-state index in [1.165, 1.54) is 32.1 Å². The van der Waals surface area contributed by atoms with Gasteiger partial charge in [-0.1, -0.05) is 60.3 Å². The summed E-state index contributed by atoms with van der Waals surface area (Å²) in [5.41, 5.74) is -0.0391. The molecule has 172 valence electrons. The van der Waals surface area contributed by atoms with Gasteiger partial charge in [0.05, 0.1) is 0 Å². The van der Waals surface area contributed by atoms with Gasteiger partial charge in [0.15, 0.2) is 0 Å². The molecule has 3 nitrogen and oxygen atoms in total. The summed E-state index contributed by atoms with van der Waals surface area (Å²) in [5, 5.41) is 9.79. The molecule has 7 unspecified atom stereocenters. The molecule has 3 aliphatic carbocycles. The second-order valence-corrected chi connectivity index (χ2v) is 12.1. The number of hydrogen-bond donors (Lipinski definition) is 1. The first-order chi connectivity index (χ1) is 14.1. The zero-order valence-corrected chi connectivity index (χ0v) is 20.2. The zero-order chi connectivity index (χ0) is 22.1. The molecule has 3 saturated carbocycles. The molecule has 0 aromatic carbocycles. The number of carbonyl (C=O) groups excluding carboxylic acids is 1.